The number of nitrogens with one attached hydrogen (secondary N) is 1. The molecule has 0 fully saturated rings. The SMILES string of the molecule is CCOc1ccccc1[C@@H]1NC(=O)N(Cc2ccccc2)C(C)=C1C(=O)OC. The maximum Gasteiger partial charge on any atom is 0.337 e. The van der Waals surface area contributed by atoms with Gasteiger partial charge in [0.2, 0.25) is 0 Å². The number of allylic oxidation sites excluding steroid dienone is 1. The molecule has 0 aliphatic carbocycles. The van der Waals surface area contributed by atoms with Crippen molar-refractivity contribution in [2.24, 2.45) is 0 Å². The second kappa shape index (κ2) is 8.61. The third-order valence-electron chi connectivity index (χ3n) is 4.71. The smallest absolute Gasteiger partial charge is 0.337 e. The summed E-state index contributed by atoms with van der Waals surface area (Å²) >= 11 is 0. The zero-order valence-electron chi connectivity index (χ0n) is 16.3. The predicted octanol–water partition coefficient (Wildman–Crippen LogP) is 3.80. The summed E-state index contributed by atoms with van der Waals surface area (Å²) in [6.07, 6.45) is 0. The maximum absolute atomic E-state index is 12.9. The van der Waals surface area contributed by atoms with E-state index in [9.17, 15) is 9.59 Å². The standard InChI is InChI=1S/C22H24N2O4/c1-4-28-18-13-9-8-12-17(18)20-19(21(25)27-3)15(2)24(22(26)23-20)14-16-10-6-5-7-11-16/h5-13,20H,4,14H2,1-3H3,(H,23,26)/t20-/m0/s1. The molecular formula is C22H24N2O4. The van der Waals surface area contributed by atoms with Gasteiger partial charge in [-0.2, -0.15) is 0 Å². The quantitative estimate of drug-likeness (QED) is 0.774. The number of para-hydroxylation sites is 1. The van der Waals surface area contributed by atoms with E-state index in [-0.39, 0.29) is 6.03 Å². The molecule has 0 spiro atoms. The number of hydrogen-bond donors (Lipinski definition) is 1. The maximum atomic E-state index is 12.9. The van der Waals surface area contributed by atoms with Crippen molar-refractivity contribution in [3.63, 3.8) is 0 Å². The molecule has 146 valence electrons. The van der Waals surface area contributed by atoms with E-state index in [1.807, 2.05) is 61.5 Å². The second-order valence-electron chi connectivity index (χ2n) is 6.42. The fourth-order valence-electron chi connectivity index (χ4n) is 3.35. The highest BCUT2D eigenvalue weighted by Crippen LogP contribution is 2.36. The molecule has 1 aliphatic rings. The molecule has 28 heavy (non-hydrogen) atoms. The Hall–Kier alpha value is -3.28. The fraction of sp³-hybridized carbons (Fsp3) is 0.273. The number of ether oxygens (including phenoxy) is 2. The van der Waals surface area contributed by atoms with Gasteiger partial charge < -0.3 is 14.8 Å². The number of benzene rings is 2. The minimum absolute atomic E-state index is 0.273. The first-order valence-electron chi connectivity index (χ1n) is 9.19. The van der Waals surface area contributed by atoms with Crippen LogP contribution in [0.15, 0.2) is 65.9 Å². The lowest BCUT2D eigenvalue weighted by Crippen LogP contribution is -2.47. The normalized spacial score (nSPS) is 16.6. The zero-order chi connectivity index (χ0) is 20.1. The molecule has 0 saturated carbocycles. The average Bonchev–Trinajstić information content (AvgIpc) is 2.71. The lowest BCUT2D eigenvalue weighted by atomic mass is 9.94. The molecule has 0 aromatic heterocycles. The summed E-state index contributed by atoms with van der Waals surface area (Å²) in [6, 6.07) is 16.1. The van der Waals surface area contributed by atoms with Gasteiger partial charge in [-0.3, -0.25) is 4.90 Å². The minimum Gasteiger partial charge on any atom is -0.494 e. The van der Waals surface area contributed by atoms with Crippen LogP contribution in [-0.4, -0.2) is 30.6 Å². The van der Waals surface area contributed by atoms with Crippen molar-refractivity contribution in [2.45, 2.75) is 26.4 Å². The van der Waals surface area contributed by atoms with Crippen LogP contribution in [0, 0.1) is 0 Å². The molecular weight excluding hydrogens is 356 g/mol. The fourth-order valence-corrected chi connectivity index (χ4v) is 3.35. The van der Waals surface area contributed by atoms with Crippen LogP contribution in [-0.2, 0) is 16.1 Å². The van der Waals surface area contributed by atoms with Crippen LogP contribution < -0.4 is 10.1 Å². The van der Waals surface area contributed by atoms with Gasteiger partial charge in [-0.05, 0) is 25.5 Å². The number of carbonyl (C=O) groups excluding carboxylic acids is 2. The summed E-state index contributed by atoms with van der Waals surface area (Å²) < 4.78 is 10.7. The van der Waals surface area contributed by atoms with Gasteiger partial charge in [-0.15, -0.1) is 0 Å². The van der Waals surface area contributed by atoms with Crippen LogP contribution in [0.4, 0.5) is 4.79 Å². The highest BCUT2D eigenvalue weighted by Gasteiger charge is 2.37. The Bertz CT molecular complexity index is 892. The molecule has 6 heteroatoms. The molecule has 1 atom stereocenters. The van der Waals surface area contributed by atoms with Gasteiger partial charge in [0, 0.05) is 11.3 Å². The number of rotatable bonds is 6. The molecule has 1 heterocycles. The summed E-state index contributed by atoms with van der Waals surface area (Å²) in [5, 5.41) is 2.95. The van der Waals surface area contributed by atoms with Crippen molar-refractivity contribution in [3.05, 3.63) is 77.0 Å². The zero-order valence-corrected chi connectivity index (χ0v) is 16.3. The molecule has 0 radical (unpaired) electrons. The van der Waals surface area contributed by atoms with Crippen molar-refractivity contribution >= 4 is 12.0 Å². The highest BCUT2D eigenvalue weighted by molar-refractivity contribution is 5.95. The topological polar surface area (TPSA) is 67.9 Å². The molecule has 1 N–H and O–H groups in total. The third-order valence-corrected chi connectivity index (χ3v) is 4.71. The van der Waals surface area contributed by atoms with Crippen LogP contribution in [0.5, 0.6) is 5.75 Å². The number of hydrogen-bond acceptors (Lipinski definition) is 4. The van der Waals surface area contributed by atoms with Crippen molar-refractivity contribution in [3.8, 4) is 5.75 Å². The van der Waals surface area contributed by atoms with Crippen LogP contribution in [0.2, 0.25) is 0 Å². The van der Waals surface area contributed by atoms with E-state index in [1.54, 1.807) is 11.8 Å². The molecule has 0 bridgehead atoms. The first kappa shape index (κ1) is 19.5. The summed E-state index contributed by atoms with van der Waals surface area (Å²) in [5.74, 6) is 0.146. The first-order chi connectivity index (χ1) is 13.6. The van der Waals surface area contributed by atoms with Crippen molar-refractivity contribution in [1.29, 1.82) is 0 Å². The van der Waals surface area contributed by atoms with Gasteiger partial charge in [-0.1, -0.05) is 48.5 Å². The van der Waals surface area contributed by atoms with Crippen molar-refractivity contribution in [1.82, 2.24) is 10.2 Å². The lowest BCUT2D eigenvalue weighted by molar-refractivity contribution is -0.136. The molecule has 1 aliphatic heterocycles. The summed E-state index contributed by atoms with van der Waals surface area (Å²) in [6.45, 7) is 4.50. The summed E-state index contributed by atoms with van der Waals surface area (Å²) in [4.78, 5) is 27.1. The number of esters is 1. The Balaban J connectivity index is 2.05. The van der Waals surface area contributed by atoms with E-state index < -0.39 is 12.0 Å². The van der Waals surface area contributed by atoms with Crippen LogP contribution in [0.1, 0.15) is 31.0 Å². The lowest BCUT2D eigenvalue weighted by Gasteiger charge is -2.35. The van der Waals surface area contributed by atoms with Gasteiger partial charge in [0.1, 0.15) is 5.75 Å². The Labute approximate surface area is 164 Å². The summed E-state index contributed by atoms with van der Waals surface area (Å²) in [7, 11) is 1.34. The van der Waals surface area contributed by atoms with Gasteiger partial charge in [0.15, 0.2) is 0 Å². The van der Waals surface area contributed by atoms with Gasteiger partial charge in [0.05, 0.1) is 31.9 Å². The van der Waals surface area contributed by atoms with Gasteiger partial charge >= 0.3 is 12.0 Å². The van der Waals surface area contributed by atoms with E-state index in [0.717, 1.165) is 11.1 Å². The molecule has 0 saturated heterocycles. The monoisotopic (exact) mass is 380 g/mol. The van der Waals surface area contributed by atoms with Gasteiger partial charge in [-0.25, -0.2) is 9.59 Å². The number of nitrogens with zero attached hydrogens (tertiary/aromatic N) is 1. The van der Waals surface area contributed by atoms with Crippen molar-refractivity contribution in [2.75, 3.05) is 13.7 Å². The van der Waals surface area contributed by atoms with Crippen LogP contribution >= 0.6 is 0 Å². The second-order valence-corrected chi connectivity index (χ2v) is 6.42. The molecule has 2 aromatic carbocycles. The number of carbonyl (C=O) groups is 2. The number of amides is 2. The Kier molecular flexibility index (Phi) is 5.99. The number of methoxy groups -OCH3 is 1. The highest BCUT2D eigenvalue weighted by atomic mass is 16.5. The molecule has 2 aromatic rings. The average molecular weight is 380 g/mol. The Morgan fingerprint density at radius 1 is 1.11 bits per heavy atom. The number of urea groups is 1. The minimum atomic E-state index is -0.644. The van der Waals surface area contributed by atoms with Crippen molar-refractivity contribution < 1.29 is 19.1 Å². The molecule has 6 nitrogen and oxygen atoms in total. The summed E-state index contributed by atoms with van der Waals surface area (Å²) in [5.41, 5.74) is 2.65. The van der Waals surface area contributed by atoms with E-state index >= 15 is 0 Å². The predicted molar refractivity (Wildman–Crippen MR) is 106 cm³/mol. The van der Waals surface area contributed by atoms with E-state index in [2.05, 4.69) is 5.32 Å². The molecule has 2 amide bonds. The van der Waals surface area contributed by atoms with E-state index in [4.69, 9.17) is 9.47 Å². The van der Waals surface area contributed by atoms with Crippen LogP contribution in [0.3, 0.4) is 0 Å². The Morgan fingerprint density at radius 3 is 2.46 bits per heavy atom. The first-order valence-corrected chi connectivity index (χ1v) is 9.19. The molecule has 0 unspecified atom stereocenters. The third kappa shape index (κ3) is 3.86. The van der Waals surface area contributed by atoms with Gasteiger partial charge in [0.25, 0.3) is 0 Å². The van der Waals surface area contributed by atoms with Crippen LogP contribution in [0.25, 0.3) is 0 Å². The largest absolute Gasteiger partial charge is 0.494 e. The molecule has 3 rings (SSSR count). The Morgan fingerprint density at radius 2 is 1.79 bits per heavy atom. The van der Waals surface area contributed by atoms with E-state index in [0.29, 0.717) is 30.2 Å². The van der Waals surface area contributed by atoms with E-state index in [1.165, 1.54) is 7.11 Å².